The van der Waals surface area contributed by atoms with Crippen LogP contribution in [0.1, 0.15) is 0 Å². The lowest BCUT2D eigenvalue weighted by Gasteiger charge is -2.18. The lowest BCUT2D eigenvalue weighted by atomic mass is 9.85. The maximum atomic E-state index is 7.02. The highest BCUT2D eigenvalue weighted by atomic mass is 16.3. The molecule has 242 valence electrons. The van der Waals surface area contributed by atoms with Gasteiger partial charge in [-0.3, -0.25) is 0 Å². The zero-order chi connectivity index (χ0) is 34.2. The van der Waals surface area contributed by atoms with Gasteiger partial charge in [-0.25, -0.2) is 0 Å². The fourth-order valence-electron chi connectivity index (χ4n) is 8.46. The molecule has 0 aliphatic carbocycles. The fraction of sp³-hybridized carbons (Fsp3) is 0. The molecule has 0 bridgehead atoms. The van der Waals surface area contributed by atoms with Crippen LogP contribution >= 0.6 is 0 Å². The molecule has 0 radical (unpaired) electrons. The van der Waals surface area contributed by atoms with Crippen LogP contribution in [0.4, 0.5) is 0 Å². The van der Waals surface area contributed by atoms with Crippen LogP contribution in [-0.2, 0) is 0 Å². The molecule has 0 aliphatic heterocycles. The molecule has 9 aromatic carbocycles. The highest BCUT2D eigenvalue weighted by molar-refractivity contribution is 6.25. The molecule has 0 amide bonds. The van der Waals surface area contributed by atoms with E-state index in [1.807, 2.05) is 0 Å². The van der Waals surface area contributed by atoms with Gasteiger partial charge in [0.1, 0.15) is 22.5 Å². The molecule has 0 saturated carbocycles. The molecule has 0 aliphatic rings. The van der Waals surface area contributed by atoms with Crippen LogP contribution in [-0.4, -0.2) is 0 Å². The standard InChI is InChI=1S/C50H30O2/c1-2-14-32(15-3-1)35-24-13-27-45-48(35)42-30-33(28-29-44(42)51-45)46-41-23-10-11-26-43(41)52-50(46)49-39-21-8-6-19-37(39)47(38-20-7-9-22-40(38)49)36-25-12-17-31-16-4-5-18-34(31)36/h1-30H. The molecule has 0 saturated heterocycles. The Morgan fingerprint density at radius 3 is 1.62 bits per heavy atom. The van der Waals surface area contributed by atoms with Gasteiger partial charge in [0.25, 0.3) is 0 Å². The van der Waals surface area contributed by atoms with E-state index in [1.54, 1.807) is 0 Å². The monoisotopic (exact) mass is 662 g/mol. The van der Waals surface area contributed by atoms with Gasteiger partial charge in [-0.05, 0) is 84.4 Å². The Bertz CT molecular complexity index is 3120. The summed E-state index contributed by atoms with van der Waals surface area (Å²) in [5.41, 5.74) is 10.7. The average molecular weight is 663 g/mol. The van der Waals surface area contributed by atoms with Crippen LogP contribution in [0, 0.1) is 0 Å². The van der Waals surface area contributed by atoms with E-state index in [1.165, 1.54) is 38.2 Å². The van der Waals surface area contributed by atoms with E-state index in [0.29, 0.717) is 0 Å². The van der Waals surface area contributed by atoms with Crippen LogP contribution in [0.25, 0.3) is 110 Å². The van der Waals surface area contributed by atoms with Gasteiger partial charge in [0.2, 0.25) is 0 Å². The van der Waals surface area contributed by atoms with Crippen LogP contribution in [0.5, 0.6) is 0 Å². The predicted molar refractivity (Wildman–Crippen MR) is 218 cm³/mol. The van der Waals surface area contributed by atoms with E-state index in [-0.39, 0.29) is 0 Å². The summed E-state index contributed by atoms with van der Waals surface area (Å²) >= 11 is 0. The second kappa shape index (κ2) is 11.3. The Labute approximate surface area is 299 Å². The third kappa shape index (κ3) is 4.25. The summed E-state index contributed by atoms with van der Waals surface area (Å²) in [4.78, 5) is 0. The fourth-order valence-corrected chi connectivity index (χ4v) is 8.46. The number of rotatable bonds is 4. The number of fused-ring (bicyclic) bond motifs is 7. The first-order valence-electron chi connectivity index (χ1n) is 17.8. The summed E-state index contributed by atoms with van der Waals surface area (Å²) in [5.74, 6) is 0.869. The molecule has 52 heavy (non-hydrogen) atoms. The molecule has 2 aromatic heterocycles. The number of para-hydroxylation sites is 1. The van der Waals surface area contributed by atoms with Crippen molar-refractivity contribution >= 4 is 65.2 Å². The van der Waals surface area contributed by atoms with Crippen molar-refractivity contribution < 1.29 is 8.83 Å². The van der Waals surface area contributed by atoms with E-state index in [2.05, 4.69) is 182 Å². The van der Waals surface area contributed by atoms with Crippen molar-refractivity contribution in [2.75, 3.05) is 0 Å². The first-order valence-corrected chi connectivity index (χ1v) is 17.8. The SMILES string of the molecule is c1ccc(-c2cccc3oc4ccc(-c5c(-c6c7ccccc7c(-c7cccc8ccccc78)c7ccccc67)oc6ccccc56)cc4c23)cc1. The molecule has 0 atom stereocenters. The second-order valence-electron chi connectivity index (χ2n) is 13.5. The summed E-state index contributed by atoms with van der Waals surface area (Å²) in [6.07, 6.45) is 0. The van der Waals surface area contributed by atoms with Gasteiger partial charge in [-0.15, -0.1) is 0 Å². The maximum absolute atomic E-state index is 7.02. The maximum Gasteiger partial charge on any atom is 0.144 e. The van der Waals surface area contributed by atoms with Gasteiger partial charge in [0.05, 0.1) is 0 Å². The number of furan rings is 2. The largest absolute Gasteiger partial charge is 0.456 e. The van der Waals surface area contributed by atoms with E-state index in [0.717, 1.165) is 71.7 Å². The normalized spacial score (nSPS) is 11.8. The Balaban J connectivity index is 1.24. The van der Waals surface area contributed by atoms with Gasteiger partial charge in [0, 0.05) is 27.3 Å². The van der Waals surface area contributed by atoms with Crippen LogP contribution < -0.4 is 0 Å². The van der Waals surface area contributed by atoms with Crippen molar-refractivity contribution in [2.24, 2.45) is 0 Å². The molecule has 2 heteroatoms. The van der Waals surface area contributed by atoms with Gasteiger partial charge in [0.15, 0.2) is 0 Å². The minimum Gasteiger partial charge on any atom is -0.456 e. The summed E-state index contributed by atoms with van der Waals surface area (Å²) < 4.78 is 13.5. The Hall–Kier alpha value is -6.90. The smallest absolute Gasteiger partial charge is 0.144 e. The Kier molecular flexibility index (Phi) is 6.28. The molecule has 11 aromatic rings. The van der Waals surface area contributed by atoms with Crippen molar-refractivity contribution in [3.05, 3.63) is 182 Å². The van der Waals surface area contributed by atoms with Gasteiger partial charge in [-0.1, -0.05) is 158 Å². The minimum absolute atomic E-state index is 0.862. The lowest BCUT2D eigenvalue weighted by Crippen LogP contribution is -1.92. The number of benzene rings is 9. The summed E-state index contributed by atoms with van der Waals surface area (Å²) in [5, 5.41) is 10.5. The van der Waals surface area contributed by atoms with Gasteiger partial charge >= 0.3 is 0 Å². The van der Waals surface area contributed by atoms with Crippen molar-refractivity contribution in [1.82, 2.24) is 0 Å². The van der Waals surface area contributed by atoms with Crippen LogP contribution in [0.3, 0.4) is 0 Å². The van der Waals surface area contributed by atoms with Crippen molar-refractivity contribution in [2.45, 2.75) is 0 Å². The molecule has 11 rings (SSSR count). The number of hydrogen-bond acceptors (Lipinski definition) is 2. The van der Waals surface area contributed by atoms with Crippen LogP contribution in [0.15, 0.2) is 191 Å². The first kappa shape index (κ1) is 28.9. The molecular formula is C50H30O2. The van der Waals surface area contributed by atoms with Crippen molar-refractivity contribution in [3.8, 4) is 44.7 Å². The van der Waals surface area contributed by atoms with Crippen molar-refractivity contribution in [1.29, 1.82) is 0 Å². The average Bonchev–Trinajstić information content (AvgIpc) is 3.78. The molecule has 0 unspecified atom stereocenters. The Morgan fingerprint density at radius 2 is 0.846 bits per heavy atom. The van der Waals surface area contributed by atoms with E-state index in [4.69, 9.17) is 8.83 Å². The highest BCUT2D eigenvalue weighted by Gasteiger charge is 2.25. The molecular weight excluding hydrogens is 633 g/mol. The summed E-state index contributed by atoms with van der Waals surface area (Å²) in [6.45, 7) is 0. The molecule has 0 fully saturated rings. The van der Waals surface area contributed by atoms with Gasteiger partial charge in [-0.2, -0.15) is 0 Å². The van der Waals surface area contributed by atoms with Gasteiger partial charge < -0.3 is 8.83 Å². The van der Waals surface area contributed by atoms with Crippen LogP contribution in [0.2, 0.25) is 0 Å². The minimum atomic E-state index is 0.862. The third-order valence-corrected chi connectivity index (χ3v) is 10.7. The molecule has 0 spiro atoms. The van der Waals surface area contributed by atoms with Crippen molar-refractivity contribution in [3.63, 3.8) is 0 Å². The quantitative estimate of drug-likeness (QED) is 0.175. The van der Waals surface area contributed by atoms with E-state index < -0.39 is 0 Å². The van der Waals surface area contributed by atoms with E-state index >= 15 is 0 Å². The topological polar surface area (TPSA) is 26.3 Å². The first-order chi connectivity index (χ1) is 25.8. The summed E-state index contributed by atoms with van der Waals surface area (Å²) in [7, 11) is 0. The second-order valence-corrected chi connectivity index (χ2v) is 13.5. The molecule has 2 nitrogen and oxygen atoms in total. The zero-order valence-corrected chi connectivity index (χ0v) is 28.1. The summed E-state index contributed by atoms with van der Waals surface area (Å²) in [6, 6.07) is 64.8. The third-order valence-electron chi connectivity index (χ3n) is 10.7. The zero-order valence-electron chi connectivity index (χ0n) is 28.1. The Morgan fingerprint density at radius 1 is 0.288 bits per heavy atom. The lowest BCUT2D eigenvalue weighted by molar-refractivity contribution is 0.634. The predicted octanol–water partition coefficient (Wildman–Crippen LogP) is 14.5. The molecule has 2 heterocycles. The van der Waals surface area contributed by atoms with E-state index in [9.17, 15) is 0 Å². The molecule has 0 N–H and O–H groups in total. The highest BCUT2D eigenvalue weighted by Crippen LogP contribution is 2.50. The number of hydrogen-bond donors (Lipinski definition) is 0.